The molecule has 5 aliphatic carbocycles. The fourth-order valence-electron chi connectivity index (χ4n) is 10.3. The van der Waals surface area contributed by atoms with Crippen LogP contribution in [0.1, 0.15) is 156 Å². The number of nitrogens with zero attached hydrogens (tertiary/aromatic N) is 1. The van der Waals surface area contributed by atoms with Crippen molar-refractivity contribution < 1.29 is 9.53 Å². The molecule has 0 heterocycles. The zero-order valence-corrected chi connectivity index (χ0v) is 25.9. The molecule has 0 spiro atoms. The van der Waals surface area contributed by atoms with Crippen LogP contribution < -0.4 is 0 Å². The predicted octanol–water partition coefficient (Wildman–Crippen LogP) is 9.63. The lowest BCUT2D eigenvalue weighted by Gasteiger charge is -2.55. The average Bonchev–Trinajstić information content (AvgIpc) is 2.96. The number of rotatable bonds is 7. The lowest BCUT2D eigenvalue weighted by atomic mass is 9.53. The number of carbonyl (C=O) groups is 1. The Morgan fingerprint density at radius 3 is 1.49 bits per heavy atom. The lowest BCUT2D eigenvalue weighted by Crippen LogP contribution is -2.53. The molecule has 0 aliphatic heterocycles. The smallest absolute Gasteiger partial charge is 0.333 e. The Labute approximate surface area is 241 Å². The Morgan fingerprint density at radius 2 is 1.05 bits per heavy atom. The number of esters is 1. The first-order valence-corrected chi connectivity index (χ1v) is 17.5. The van der Waals surface area contributed by atoms with E-state index in [0.717, 1.165) is 54.6 Å². The Morgan fingerprint density at radius 1 is 0.641 bits per heavy atom. The van der Waals surface area contributed by atoms with Crippen molar-refractivity contribution in [3.05, 3.63) is 12.2 Å². The first-order chi connectivity index (χ1) is 18.9. The van der Waals surface area contributed by atoms with E-state index >= 15 is 0 Å². The maximum atomic E-state index is 12.1. The summed E-state index contributed by atoms with van der Waals surface area (Å²) in [5, 5.41) is 0. The normalized spacial score (nSPS) is 39.7. The second-order valence-corrected chi connectivity index (χ2v) is 15.2. The third-order valence-corrected chi connectivity index (χ3v) is 12.6. The van der Waals surface area contributed by atoms with Crippen LogP contribution in [0.3, 0.4) is 0 Å². The van der Waals surface area contributed by atoms with E-state index in [2.05, 4.69) is 25.3 Å². The molecule has 0 N–H and O–H groups in total. The molecule has 0 saturated heterocycles. The molecule has 0 unspecified atom stereocenters. The predicted molar refractivity (Wildman–Crippen MR) is 163 cm³/mol. The van der Waals surface area contributed by atoms with Gasteiger partial charge in [0.2, 0.25) is 0 Å². The topological polar surface area (TPSA) is 29.5 Å². The summed E-state index contributed by atoms with van der Waals surface area (Å²) in [4.78, 5) is 15.3. The monoisotopic (exact) mass is 539 g/mol. The highest BCUT2D eigenvalue weighted by Gasteiger charge is 2.48. The van der Waals surface area contributed by atoms with Gasteiger partial charge in [-0.2, -0.15) is 0 Å². The molecule has 3 nitrogen and oxygen atoms in total. The number of carbonyl (C=O) groups excluding carboxylic acids is 1. The van der Waals surface area contributed by atoms with E-state index in [1.165, 1.54) is 122 Å². The van der Waals surface area contributed by atoms with E-state index in [9.17, 15) is 4.79 Å². The molecule has 0 bridgehead atoms. The largest absolute Gasteiger partial charge is 0.459 e. The van der Waals surface area contributed by atoms with E-state index in [0.29, 0.717) is 11.0 Å². The molecule has 5 saturated carbocycles. The van der Waals surface area contributed by atoms with Crippen molar-refractivity contribution >= 4 is 5.97 Å². The van der Waals surface area contributed by atoms with E-state index in [-0.39, 0.29) is 12.1 Å². The highest BCUT2D eigenvalue weighted by Crippen LogP contribution is 2.57. The minimum atomic E-state index is -0.187. The van der Waals surface area contributed by atoms with Gasteiger partial charge < -0.3 is 4.74 Å². The number of ether oxygens (including phenoxy) is 1. The van der Waals surface area contributed by atoms with Crippen LogP contribution >= 0.6 is 0 Å². The first-order valence-electron chi connectivity index (χ1n) is 17.5. The number of hydrogen-bond donors (Lipinski definition) is 0. The van der Waals surface area contributed by atoms with Gasteiger partial charge in [-0.1, -0.05) is 39.7 Å². The molecule has 0 atom stereocenters. The Balaban J connectivity index is 1.23. The zero-order valence-electron chi connectivity index (χ0n) is 25.9. The number of hydrogen-bond acceptors (Lipinski definition) is 3. The van der Waals surface area contributed by atoms with Crippen LogP contribution in [0.15, 0.2) is 12.2 Å². The van der Waals surface area contributed by atoms with Gasteiger partial charge in [0.25, 0.3) is 0 Å². The molecule has 0 amide bonds. The van der Waals surface area contributed by atoms with Crippen molar-refractivity contribution in [2.75, 3.05) is 0 Å². The summed E-state index contributed by atoms with van der Waals surface area (Å²) in [6.07, 6.45) is 29.5. The highest BCUT2D eigenvalue weighted by molar-refractivity contribution is 5.87. The first kappa shape index (κ1) is 29.7. The summed E-state index contributed by atoms with van der Waals surface area (Å²) in [5.41, 5.74) is 1.11. The molecule has 5 fully saturated rings. The average molecular weight is 540 g/mol. The third-order valence-electron chi connectivity index (χ3n) is 12.6. The summed E-state index contributed by atoms with van der Waals surface area (Å²) in [7, 11) is 0. The molecule has 3 heteroatoms. The summed E-state index contributed by atoms with van der Waals surface area (Å²) < 4.78 is 5.79. The Hall–Kier alpha value is -0.830. The summed E-state index contributed by atoms with van der Waals surface area (Å²) >= 11 is 0. The second-order valence-electron chi connectivity index (χ2n) is 15.2. The maximum absolute atomic E-state index is 12.1. The van der Waals surface area contributed by atoms with E-state index < -0.39 is 0 Å². The van der Waals surface area contributed by atoms with Gasteiger partial charge in [-0.05, 0) is 152 Å². The van der Waals surface area contributed by atoms with Crippen molar-refractivity contribution in [3.63, 3.8) is 0 Å². The molecule has 39 heavy (non-hydrogen) atoms. The van der Waals surface area contributed by atoms with E-state index in [1.54, 1.807) is 6.92 Å². The van der Waals surface area contributed by atoms with Crippen molar-refractivity contribution in [1.29, 1.82) is 0 Å². The third kappa shape index (κ3) is 6.98. The van der Waals surface area contributed by atoms with Crippen LogP contribution in [0.5, 0.6) is 0 Å². The van der Waals surface area contributed by atoms with Gasteiger partial charge in [-0.15, -0.1) is 0 Å². The molecule has 0 aromatic carbocycles. The minimum Gasteiger partial charge on any atom is -0.459 e. The maximum Gasteiger partial charge on any atom is 0.333 e. The molecular weight excluding hydrogens is 478 g/mol. The summed E-state index contributed by atoms with van der Waals surface area (Å²) in [6, 6.07) is 2.57. The minimum absolute atomic E-state index is 0.117. The van der Waals surface area contributed by atoms with E-state index in [1.807, 2.05) is 0 Å². The molecule has 222 valence electrons. The molecule has 5 rings (SSSR count). The van der Waals surface area contributed by atoms with Crippen LogP contribution in [0, 0.1) is 29.1 Å². The Kier molecular flexibility index (Phi) is 10.2. The summed E-state index contributed by atoms with van der Waals surface area (Å²) in [5.74, 6) is 3.46. The fourth-order valence-corrected chi connectivity index (χ4v) is 10.3. The molecule has 0 aromatic rings. The fraction of sp³-hybridized carbons (Fsp3) is 0.917. The van der Waals surface area contributed by atoms with Gasteiger partial charge in [0, 0.05) is 23.7 Å². The van der Waals surface area contributed by atoms with Crippen LogP contribution in [-0.4, -0.2) is 35.1 Å². The van der Waals surface area contributed by atoms with Gasteiger partial charge >= 0.3 is 5.97 Å². The van der Waals surface area contributed by atoms with Gasteiger partial charge in [0.15, 0.2) is 0 Å². The quantitative estimate of drug-likeness (QED) is 0.238. The molecule has 0 aromatic heterocycles. The summed E-state index contributed by atoms with van der Waals surface area (Å²) in [6.45, 7) is 10.5. The molecular formula is C36H61NO2. The van der Waals surface area contributed by atoms with Crippen LogP contribution in [0.2, 0.25) is 0 Å². The van der Waals surface area contributed by atoms with Crippen LogP contribution in [-0.2, 0) is 9.53 Å². The SMILES string of the molecule is C=C(C)C(=O)OC1CCC(C2(C3CCC(N(C4CCC(C)CC4)C4CCC(C)CC4)CC3)CCCCC2)CC1. The molecule has 5 aliphatic rings. The lowest BCUT2D eigenvalue weighted by molar-refractivity contribution is -0.147. The van der Waals surface area contributed by atoms with Crippen LogP contribution in [0.25, 0.3) is 0 Å². The van der Waals surface area contributed by atoms with Crippen molar-refractivity contribution in [2.24, 2.45) is 29.1 Å². The Bertz CT molecular complexity index is 761. The standard InChI is InChI=1S/C36H61NO2/c1-26(2)35(38)39-34-22-14-30(15-23-34)36(24-6-5-7-25-36)29-12-20-33(21-13-29)37(31-16-8-27(3)9-17-31)32-18-10-28(4)11-19-32/h27-34H,1,5-25H2,2-4H3. The van der Waals surface area contributed by atoms with Gasteiger partial charge in [-0.3, -0.25) is 4.90 Å². The zero-order chi connectivity index (χ0) is 27.4. The second kappa shape index (κ2) is 13.4. The van der Waals surface area contributed by atoms with Crippen molar-refractivity contribution in [2.45, 2.75) is 180 Å². The van der Waals surface area contributed by atoms with E-state index in [4.69, 9.17) is 4.74 Å². The van der Waals surface area contributed by atoms with Gasteiger partial charge in [-0.25, -0.2) is 4.79 Å². The van der Waals surface area contributed by atoms with Crippen LogP contribution in [0.4, 0.5) is 0 Å². The van der Waals surface area contributed by atoms with Gasteiger partial charge in [0.1, 0.15) is 6.10 Å². The highest BCUT2D eigenvalue weighted by atomic mass is 16.5. The van der Waals surface area contributed by atoms with Crippen molar-refractivity contribution in [3.8, 4) is 0 Å². The van der Waals surface area contributed by atoms with Crippen molar-refractivity contribution in [1.82, 2.24) is 4.90 Å². The van der Waals surface area contributed by atoms with Gasteiger partial charge in [0.05, 0.1) is 0 Å². The molecule has 0 radical (unpaired) electrons.